The average molecular weight is 544 g/mol. The van der Waals surface area contributed by atoms with E-state index in [0.29, 0.717) is 11.4 Å². The van der Waals surface area contributed by atoms with Gasteiger partial charge in [0.05, 0.1) is 5.54 Å². The lowest BCUT2D eigenvalue weighted by Gasteiger charge is -2.39. The molecule has 0 amide bonds. The molecule has 40 heavy (non-hydrogen) atoms. The van der Waals surface area contributed by atoms with Crippen molar-refractivity contribution in [3.05, 3.63) is 74.8 Å². The van der Waals surface area contributed by atoms with E-state index in [9.17, 15) is 4.79 Å². The van der Waals surface area contributed by atoms with Crippen LogP contribution in [0.1, 0.15) is 61.3 Å². The lowest BCUT2D eigenvalue weighted by molar-refractivity contribution is 0.0968. The smallest absolute Gasteiger partial charge is 0.253 e. The predicted molar refractivity (Wildman–Crippen MR) is 153 cm³/mol. The molecule has 2 aromatic carbocycles. The SMILES string of the molecule is CCC(C)(C)n1nnnc1C(c1cc2cc(C)c(C)cc2[nH]c1=O)N1CCN(Cc2ccc3c(c2)OCO3)CC1. The van der Waals surface area contributed by atoms with Gasteiger partial charge in [-0.15, -0.1) is 5.10 Å². The molecule has 0 saturated carbocycles. The second kappa shape index (κ2) is 10.3. The zero-order chi connectivity index (χ0) is 28.0. The molecule has 10 nitrogen and oxygen atoms in total. The van der Waals surface area contributed by atoms with Crippen LogP contribution in [0, 0.1) is 13.8 Å². The largest absolute Gasteiger partial charge is 0.454 e. The molecule has 2 aliphatic rings. The highest BCUT2D eigenvalue weighted by Gasteiger charge is 2.35. The summed E-state index contributed by atoms with van der Waals surface area (Å²) in [5, 5.41) is 14.0. The summed E-state index contributed by atoms with van der Waals surface area (Å²) in [5.74, 6) is 2.31. The van der Waals surface area contributed by atoms with Crippen LogP contribution in [0.4, 0.5) is 0 Å². The zero-order valence-electron chi connectivity index (χ0n) is 23.9. The van der Waals surface area contributed by atoms with E-state index in [0.717, 1.165) is 67.1 Å². The molecule has 0 spiro atoms. The number of fused-ring (bicyclic) bond motifs is 2. The number of benzene rings is 2. The van der Waals surface area contributed by atoms with Crippen molar-refractivity contribution >= 4 is 10.9 Å². The van der Waals surface area contributed by atoms with Crippen molar-refractivity contribution in [2.24, 2.45) is 0 Å². The van der Waals surface area contributed by atoms with Crippen molar-refractivity contribution in [1.82, 2.24) is 35.0 Å². The van der Waals surface area contributed by atoms with Crippen molar-refractivity contribution in [2.75, 3.05) is 33.0 Å². The molecule has 0 radical (unpaired) electrons. The Kier molecular flexibility index (Phi) is 6.83. The molecule has 0 bridgehead atoms. The average Bonchev–Trinajstić information content (AvgIpc) is 3.61. The van der Waals surface area contributed by atoms with Crippen molar-refractivity contribution < 1.29 is 9.47 Å². The van der Waals surface area contributed by atoms with Crippen molar-refractivity contribution in [3.8, 4) is 11.5 Å². The Morgan fingerprint density at radius 2 is 1.75 bits per heavy atom. The Morgan fingerprint density at radius 3 is 2.52 bits per heavy atom. The van der Waals surface area contributed by atoms with E-state index in [-0.39, 0.29) is 23.9 Å². The minimum absolute atomic E-state index is 0.104. The van der Waals surface area contributed by atoms with Crippen LogP contribution in [-0.2, 0) is 12.1 Å². The fraction of sp³-hybridized carbons (Fsp3) is 0.467. The van der Waals surface area contributed by atoms with Crippen LogP contribution in [0.2, 0.25) is 0 Å². The first-order valence-corrected chi connectivity index (χ1v) is 14.0. The topological polar surface area (TPSA) is 101 Å². The second-order valence-corrected chi connectivity index (χ2v) is 11.6. The molecule has 4 aromatic rings. The molecular weight excluding hydrogens is 506 g/mol. The zero-order valence-corrected chi connectivity index (χ0v) is 23.9. The molecule has 1 saturated heterocycles. The summed E-state index contributed by atoms with van der Waals surface area (Å²) in [6, 6.07) is 12.0. The maximum absolute atomic E-state index is 13.6. The Labute approximate surface area is 233 Å². The maximum atomic E-state index is 13.6. The first kappa shape index (κ1) is 26.5. The van der Waals surface area contributed by atoms with Gasteiger partial charge in [-0.3, -0.25) is 14.6 Å². The van der Waals surface area contributed by atoms with E-state index in [1.54, 1.807) is 0 Å². The fourth-order valence-electron chi connectivity index (χ4n) is 5.62. The highest BCUT2D eigenvalue weighted by molar-refractivity contribution is 5.81. The van der Waals surface area contributed by atoms with Crippen LogP contribution in [0.25, 0.3) is 10.9 Å². The summed E-state index contributed by atoms with van der Waals surface area (Å²) in [4.78, 5) is 21.6. The van der Waals surface area contributed by atoms with Crippen LogP contribution < -0.4 is 15.0 Å². The third kappa shape index (κ3) is 4.86. The van der Waals surface area contributed by atoms with Gasteiger partial charge in [0.15, 0.2) is 17.3 Å². The Bertz CT molecular complexity index is 1600. The van der Waals surface area contributed by atoms with Gasteiger partial charge < -0.3 is 14.5 Å². The van der Waals surface area contributed by atoms with Crippen LogP contribution in [0.3, 0.4) is 0 Å². The third-order valence-electron chi connectivity index (χ3n) is 8.57. The Hall–Kier alpha value is -3.76. The van der Waals surface area contributed by atoms with Crippen molar-refractivity contribution in [2.45, 2.75) is 59.2 Å². The number of nitrogens with zero attached hydrogens (tertiary/aromatic N) is 6. The van der Waals surface area contributed by atoms with Gasteiger partial charge >= 0.3 is 0 Å². The van der Waals surface area contributed by atoms with Crippen molar-refractivity contribution in [1.29, 1.82) is 0 Å². The second-order valence-electron chi connectivity index (χ2n) is 11.6. The highest BCUT2D eigenvalue weighted by atomic mass is 16.7. The van der Waals surface area contributed by atoms with Gasteiger partial charge in [-0.25, -0.2) is 4.68 Å². The number of ether oxygens (including phenoxy) is 2. The number of aryl methyl sites for hydroxylation is 2. The number of H-pyrrole nitrogens is 1. The van der Waals surface area contributed by atoms with Gasteiger partial charge in [0.25, 0.3) is 5.56 Å². The summed E-state index contributed by atoms with van der Waals surface area (Å²) in [7, 11) is 0. The molecule has 10 heteroatoms. The van der Waals surface area contributed by atoms with Gasteiger partial charge in [-0.2, -0.15) is 0 Å². The molecule has 1 fully saturated rings. The van der Waals surface area contributed by atoms with E-state index in [1.807, 2.05) is 22.9 Å². The number of piperazine rings is 1. The van der Waals surface area contributed by atoms with Crippen LogP contribution in [0.5, 0.6) is 11.5 Å². The molecule has 210 valence electrons. The van der Waals surface area contributed by atoms with E-state index in [4.69, 9.17) is 9.47 Å². The number of tetrazole rings is 1. The van der Waals surface area contributed by atoms with E-state index in [2.05, 4.69) is 83.1 Å². The molecular formula is C30H37N7O3. The van der Waals surface area contributed by atoms with Gasteiger partial charge in [0.2, 0.25) is 6.79 Å². The first-order chi connectivity index (χ1) is 19.2. The number of nitrogens with one attached hydrogen (secondary N) is 1. The number of hydrogen-bond acceptors (Lipinski definition) is 8. The van der Waals surface area contributed by atoms with Crippen molar-refractivity contribution in [3.63, 3.8) is 0 Å². The molecule has 2 aromatic heterocycles. The minimum atomic E-state index is -0.372. The molecule has 4 heterocycles. The predicted octanol–water partition coefficient (Wildman–Crippen LogP) is 3.91. The monoisotopic (exact) mass is 543 g/mol. The van der Waals surface area contributed by atoms with Crippen LogP contribution in [0.15, 0.2) is 41.2 Å². The molecule has 2 aliphatic heterocycles. The number of aromatic nitrogens is 5. The minimum Gasteiger partial charge on any atom is -0.454 e. The van der Waals surface area contributed by atoms with E-state index < -0.39 is 0 Å². The number of rotatable bonds is 7. The molecule has 6 rings (SSSR count). The highest BCUT2D eigenvalue weighted by Crippen LogP contribution is 2.34. The summed E-state index contributed by atoms with van der Waals surface area (Å²) in [6.45, 7) is 14.9. The van der Waals surface area contributed by atoms with Crippen LogP contribution >= 0.6 is 0 Å². The number of hydrogen-bond donors (Lipinski definition) is 1. The molecule has 1 atom stereocenters. The normalized spacial score (nSPS) is 17.0. The maximum Gasteiger partial charge on any atom is 0.253 e. The van der Waals surface area contributed by atoms with E-state index in [1.165, 1.54) is 11.1 Å². The molecule has 0 aliphatic carbocycles. The molecule has 1 N–H and O–H groups in total. The summed E-state index contributed by atoms with van der Waals surface area (Å²) in [6.07, 6.45) is 0.855. The van der Waals surface area contributed by atoms with Gasteiger partial charge in [0.1, 0.15) is 6.04 Å². The van der Waals surface area contributed by atoms with E-state index >= 15 is 0 Å². The summed E-state index contributed by atoms with van der Waals surface area (Å²) < 4.78 is 12.9. The molecule has 1 unspecified atom stereocenters. The standard InChI is InChI=1S/C30H37N7O3/c1-6-30(4,5)37-28(32-33-34-37)27(23-16-22-13-19(2)20(3)14-24(22)31-29(23)38)36-11-9-35(10-12-36)17-21-7-8-25-26(15-21)40-18-39-25/h7-8,13-16,27H,6,9-12,17-18H2,1-5H3,(H,31,38). The quantitative estimate of drug-likeness (QED) is 0.374. The number of aromatic amines is 1. The number of pyridine rings is 1. The van der Waals surface area contributed by atoms with Crippen LogP contribution in [-0.4, -0.2) is 68.0 Å². The summed E-state index contributed by atoms with van der Waals surface area (Å²) >= 11 is 0. The Balaban J connectivity index is 1.33. The summed E-state index contributed by atoms with van der Waals surface area (Å²) in [5.41, 5.74) is 4.65. The lowest BCUT2D eigenvalue weighted by atomic mass is 9.98. The Morgan fingerprint density at radius 1 is 1.00 bits per heavy atom. The first-order valence-electron chi connectivity index (χ1n) is 14.0. The third-order valence-corrected chi connectivity index (χ3v) is 8.57. The lowest BCUT2D eigenvalue weighted by Crippen LogP contribution is -2.49. The van der Waals surface area contributed by atoms with Gasteiger partial charge in [-0.1, -0.05) is 13.0 Å². The van der Waals surface area contributed by atoms with Gasteiger partial charge in [0, 0.05) is 43.8 Å². The van der Waals surface area contributed by atoms with Gasteiger partial charge in [-0.05, 0) is 97.0 Å². The fourth-order valence-corrected chi connectivity index (χ4v) is 5.62.